The highest BCUT2D eigenvalue weighted by atomic mass is 35.5. The first-order valence-electron chi connectivity index (χ1n) is 25.7. The Bertz CT molecular complexity index is 2960. The van der Waals surface area contributed by atoms with Gasteiger partial charge in [0, 0.05) is 74.9 Å². The number of allylic oxidation sites excluding steroid dienone is 6. The number of halogens is 3. The number of methoxy groups -OCH3 is 1. The largest absolute Gasteiger partial charge is 0.490 e. The third-order valence-corrected chi connectivity index (χ3v) is 15.1. The molecule has 77 heavy (non-hydrogen) atoms. The summed E-state index contributed by atoms with van der Waals surface area (Å²) in [5, 5.41) is 11.6. The van der Waals surface area contributed by atoms with Crippen molar-refractivity contribution in [3.05, 3.63) is 112 Å². The van der Waals surface area contributed by atoms with Crippen LogP contribution in [0, 0.1) is 18.2 Å². The van der Waals surface area contributed by atoms with Gasteiger partial charge in [-0.05, 0) is 97.8 Å². The zero-order chi connectivity index (χ0) is 54.3. The number of rotatable bonds is 20. The number of alkyl halides is 1. The van der Waals surface area contributed by atoms with E-state index in [1.54, 1.807) is 49.7 Å². The summed E-state index contributed by atoms with van der Waals surface area (Å²) < 4.78 is 77.9. The maximum absolute atomic E-state index is 15.8. The number of aromatic nitrogens is 4. The number of thiophene rings is 1. The van der Waals surface area contributed by atoms with Crippen molar-refractivity contribution < 1.29 is 56.6 Å². The van der Waals surface area contributed by atoms with E-state index in [4.69, 9.17) is 60.9 Å². The Morgan fingerprint density at radius 2 is 1.75 bits per heavy atom. The molecule has 3 aromatic heterocycles. The summed E-state index contributed by atoms with van der Waals surface area (Å²) in [7, 11) is 3.70. The average Bonchev–Trinajstić information content (AvgIpc) is 3.84. The van der Waals surface area contributed by atoms with E-state index in [1.165, 1.54) is 29.8 Å². The number of hydrogen-bond acceptors (Lipinski definition) is 16. The number of terminal acetylenes is 1. The molecule has 2 bridgehead atoms. The van der Waals surface area contributed by atoms with Crippen LogP contribution in [0.15, 0.2) is 83.5 Å². The van der Waals surface area contributed by atoms with Crippen LogP contribution in [-0.4, -0.2) is 158 Å². The minimum Gasteiger partial charge on any atom is -0.490 e. The number of likely N-dealkylation sites (N-methyl/N-ethyl adjacent to an activating group) is 1. The number of carboxylic acids is 1. The molecule has 2 aliphatic heterocycles. The first-order valence-corrected chi connectivity index (χ1v) is 26.9. The lowest BCUT2D eigenvalue weighted by atomic mass is 9.87. The van der Waals surface area contributed by atoms with Gasteiger partial charge in [0.25, 0.3) is 0 Å². The summed E-state index contributed by atoms with van der Waals surface area (Å²) in [6.45, 7) is 10.1. The summed E-state index contributed by atoms with van der Waals surface area (Å²) in [5.74, 6) is 2.41. The van der Waals surface area contributed by atoms with E-state index in [-0.39, 0.29) is 62.4 Å². The van der Waals surface area contributed by atoms with Crippen molar-refractivity contribution in [1.82, 2.24) is 29.7 Å². The molecule has 2 aromatic carbocycles. The molecule has 20 heteroatoms. The average molecular weight is 1100 g/mol. The highest BCUT2D eigenvalue weighted by Gasteiger charge is 2.34. The SMILES string of the molecule is C#C/C1=C(Cl)\C(C)=C(/CC)c2c(-c3ccc(F)cc3)sc3ncnc(c23)O[C@@H](C(=O)O)Cc2cc(ccc2OCc2ccnc(C3=CC[C@@](F)(COCCOCCOCCOC)CC3)n2)OC[C@@H](CN2CCN(C)CC2)O1. The first-order chi connectivity index (χ1) is 37.3. The predicted molar refractivity (Wildman–Crippen MR) is 290 cm³/mol. The summed E-state index contributed by atoms with van der Waals surface area (Å²) in [6, 6.07) is 13.0. The van der Waals surface area contributed by atoms with Gasteiger partial charge in [0.1, 0.15) is 53.5 Å². The van der Waals surface area contributed by atoms with Crippen molar-refractivity contribution in [3.63, 3.8) is 0 Å². The van der Waals surface area contributed by atoms with Crippen LogP contribution in [0.25, 0.3) is 31.8 Å². The lowest BCUT2D eigenvalue weighted by molar-refractivity contribution is -0.145. The van der Waals surface area contributed by atoms with Gasteiger partial charge in [-0.25, -0.2) is 33.5 Å². The van der Waals surface area contributed by atoms with Gasteiger partial charge < -0.3 is 47.9 Å². The van der Waals surface area contributed by atoms with Gasteiger partial charge >= 0.3 is 5.97 Å². The molecule has 5 aromatic rings. The molecule has 3 atom stereocenters. The third kappa shape index (κ3) is 15.1. The summed E-state index contributed by atoms with van der Waals surface area (Å²) in [4.78, 5) is 37.7. The standard InChI is InChI=1S/C57H65ClF2N6O10S/c1-6-45-37(3)51(58)46(7-2)75-44(32-66-22-20-65(4)21-23-66)34-73-43-12-13-47(40(30-43)31-48(56(67)68)76-54-50-49(45)52(77-55(50)63-36-62-54)38-8-10-41(59)11-9-38)74-33-42-16-19-61-53(64-42)39-14-17-57(60,18-15-39)35-72-29-28-71-27-26-70-25-24-69-5/h2,8-14,16,19,30,36,44,48H,6,15,17-18,20-29,31-35H2,1,3-5H3,(H,67,68)/b45-37+,51-46-/t44-,48-,57+/m1/s1. The molecule has 1 aliphatic carbocycles. The van der Waals surface area contributed by atoms with Gasteiger partial charge in [0.2, 0.25) is 12.0 Å². The van der Waals surface area contributed by atoms with Crippen LogP contribution in [0.4, 0.5) is 8.78 Å². The fourth-order valence-corrected chi connectivity index (χ4v) is 10.6. The summed E-state index contributed by atoms with van der Waals surface area (Å²) in [6.07, 6.45) is 9.95. The molecule has 8 rings (SSSR count). The van der Waals surface area contributed by atoms with E-state index < -0.39 is 29.7 Å². The van der Waals surface area contributed by atoms with Crippen molar-refractivity contribution in [2.24, 2.45) is 0 Å². The van der Waals surface area contributed by atoms with E-state index >= 15 is 4.39 Å². The number of fused-ring (bicyclic) bond motifs is 2. The van der Waals surface area contributed by atoms with Gasteiger partial charge in [0.15, 0.2) is 11.6 Å². The molecule has 0 radical (unpaired) electrons. The summed E-state index contributed by atoms with van der Waals surface area (Å²) in [5.41, 5.74) is 2.96. The Labute approximate surface area is 457 Å². The quantitative estimate of drug-likeness (QED) is 0.0578. The Morgan fingerprint density at radius 3 is 2.45 bits per heavy atom. The maximum atomic E-state index is 15.8. The van der Waals surface area contributed by atoms with Crippen LogP contribution in [0.5, 0.6) is 17.4 Å². The highest BCUT2D eigenvalue weighted by molar-refractivity contribution is 7.22. The second-order valence-corrected chi connectivity index (χ2v) is 20.4. The third-order valence-electron chi connectivity index (χ3n) is 13.5. The maximum Gasteiger partial charge on any atom is 0.345 e. The molecule has 0 unspecified atom stereocenters. The number of nitrogens with zero attached hydrogens (tertiary/aromatic N) is 6. The normalized spacial score (nSPS) is 21.8. The van der Waals surface area contributed by atoms with Crippen molar-refractivity contribution in [2.45, 2.75) is 70.4 Å². The lowest BCUT2D eigenvalue weighted by Gasteiger charge is -2.34. The van der Waals surface area contributed by atoms with Crippen molar-refractivity contribution in [3.8, 4) is 40.2 Å². The minimum absolute atomic E-state index is 0.0117. The molecule has 16 nitrogen and oxygen atoms in total. The number of piperazine rings is 1. The molecular formula is C57H65ClF2N6O10S. The Kier molecular flexibility index (Phi) is 20.4. The number of carbonyl (C=O) groups is 1. The lowest BCUT2D eigenvalue weighted by Crippen LogP contribution is -2.48. The number of carboxylic acid groups (broad SMARTS) is 1. The molecule has 1 saturated heterocycles. The molecule has 0 saturated carbocycles. The first kappa shape index (κ1) is 57.1. The van der Waals surface area contributed by atoms with Gasteiger partial charge in [0.05, 0.1) is 62.4 Å². The van der Waals surface area contributed by atoms with Crippen molar-refractivity contribution >= 4 is 50.3 Å². The second-order valence-electron chi connectivity index (χ2n) is 19.0. The number of ether oxygens (including phenoxy) is 8. The van der Waals surface area contributed by atoms with Crippen LogP contribution in [0.1, 0.15) is 62.2 Å². The van der Waals surface area contributed by atoms with Crippen LogP contribution in [0.2, 0.25) is 0 Å². The fraction of sp³-hybridized carbons (Fsp3) is 0.456. The number of hydrogen-bond donors (Lipinski definition) is 1. The molecule has 0 amide bonds. The van der Waals surface area contributed by atoms with E-state index in [9.17, 15) is 14.3 Å². The van der Waals surface area contributed by atoms with Gasteiger partial charge in [-0.2, -0.15) is 0 Å². The molecule has 0 spiro atoms. The molecule has 1 N–H and O–H groups in total. The van der Waals surface area contributed by atoms with E-state index in [0.29, 0.717) is 113 Å². The second kappa shape index (κ2) is 27.5. The molecule has 410 valence electrons. The molecule has 1 fully saturated rings. The van der Waals surface area contributed by atoms with Crippen LogP contribution < -0.4 is 14.2 Å². The van der Waals surface area contributed by atoms with Crippen LogP contribution in [-0.2, 0) is 41.5 Å². The number of aliphatic carboxylic acids is 1. The Morgan fingerprint density at radius 1 is 1.00 bits per heavy atom. The van der Waals surface area contributed by atoms with Gasteiger partial charge in [-0.1, -0.05) is 36.7 Å². The van der Waals surface area contributed by atoms with E-state index in [2.05, 4.69) is 37.7 Å². The number of benzene rings is 2. The zero-order valence-corrected chi connectivity index (χ0v) is 45.4. The highest BCUT2D eigenvalue weighted by Crippen LogP contribution is 2.48. The van der Waals surface area contributed by atoms with Gasteiger partial charge in [-0.3, -0.25) is 4.90 Å². The summed E-state index contributed by atoms with van der Waals surface area (Å²) >= 11 is 8.64. The van der Waals surface area contributed by atoms with Crippen molar-refractivity contribution in [1.29, 1.82) is 0 Å². The zero-order valence-electron chi connectivity index (χ0n) is 43.9. The van der Waals surface area contributed by atoms with Crippen LogP contribution >= 0.6 is 22.9 Å². The smallest absolute Gasteiger partial charge is 0.345 e. The topological polar surface area (TPSA) is 169 Å². The molecular weight excluding hydrogens is 1030 g/mol. The van der Waals surface area contributed by atoms with E-state index in [1.807, 2.05) is 19.9 Å². The Balaban J connectivity index is 1.08. The predicted octanol–water partition coefficient (Wildman–Crippen LogP) is 9.21. The molecule has 5 heterocycles. The van der Waals surface area contributed by atoms with Gasteiger partial charge in [-0.15, -0.1) is 17.8 Å². The van der Waals surface area contributed by atoms with Crippen LogP contribution in [0.3, 0.4) is 0 Å². The van der Waals surface area contributed by atoms with Crippen molar-refractivity contribution in [2.75, 3.05) is 99.7 Å². The minimum atomic E-state index is -1.53. The van der Waals surface area contributed by atoms with E-state index in [0.717, 1.165) is 37.3 Å². The monoisotopic (exact) mass is 1100 g/mol. The Hall–Kier alpha value is -6.08. The fourth-order valence-electron chi connectivity index (χ4n) is 9.25. The molecule has 3 aliphatic rings.